The summed E-state index contributed by atoms with van der Waals surface area (Å²) in [6, 6.07) is 18.0. The van der Waals surface area contributed by atoms with Crippen LogP contribution in [0.25, 0.3) is 10.9 Å². The van der Waals surface area contributed by atoms with E-state index in [1.807, 2.05) is 13.0 Å². The number of hydrogen-bond donors (Lipinski definition) is 1. The van der Waals surface area contributed by atoms with Gasteiger partial charge >= 0.3 is 0 Å². The van der Waals surface area contributed by atoms with Crippen molar-refractivity contribution >= 4 is 32.3 Å². The Labute approximate surface area is 191 Å². The van der Waals surface area contributed by atoms with E-state index in [-0.39, 0.29) is 23.1 Å². The van der Waals surface area contributed by atoms with Crippen molar-refractivity contribution in [2.45, 2.75) is 24.1 Å². The Morgan fingerprint density at radius 3 is 2.61 bits per heavy atom. The molecule has 6 nitrogen and oxygen atoms in total. The number of hydrogen-bond acceptors (Lipinski definition) is 4. The van der Waals surface area contributed by atoms with Gasteiger partial charge in [-0.3, -0.25) is 4.79 Å². The van der Waals surface area contributed by atoms with E-state index in [0.717, 1.165) is 5.56 Å². The third-order valence-corrected chi connectivity index (χ3v) is 6.98. The van der Waals surface area contributed by atoms with Crippen molar-refractivity contribution in [2.24, 2.45) is 0 Å². The second kappa shape index (κ2) is 9.07. The molecule has 0 saturated carbocycles. The van der Waals surface area contributed by atoms with E-state index in [2.05, 4.69) is 5.32 Å². The summed E-state index contributed by atoms with van der Waals surface area (Å²) in [5, 5.41) is 3.34. The highest BCUT2D eigenvalue weighted by atomic mass is 32.2. The van der Waals surface area contributed by atoms with E-state index in [1.165, 1.54) is 31.5 Å². The quantitative estimate of drug-likeness (QED) is 0.428. The third kappa shape index (κ3) is 4.90. The highest BCUT2D eigenvalue weighted by Crippen LogP contribution is 2.29. The number of sulfone groups is 1. The number of ether oxygens (including phenoxy) is 1. The lowest BCUT2D eigenvalue weighted by atomic mass is 10.2. The predicted octanol–water partition coefficient (Wildman–Crippen LogP) is 4.71. The monoisotopic (exact) mass is 466 g/mol. The summed E-state index contributed by atoms with van der Waals surface area (Å²) in [7, 11) is -2.26. The highest BCUT2D eigenvalue weighted by molar-refractivity contribution is 7.90. The van der Waals surface area contributed by atoms with Crippen LogP contribution >= 0.6 is 0 Å². The molecular weight excluding hydrogens is 443 g/mol. The number of rotatable bonds is 7. The summed E-state index contributed by atoms with van der Waals surface area (Å²) >= 11 is 0. The van der Waals surface area contributed by atoms with Crippen molar-refractivity contribution in [3.05, 3.63) is 89.9 Å². The first-order valence-electron chi connectivity index (χ1n) is 10.3. The Morgan fingerprint density at radius 1 is 1.06 bits per heavy atom. The summed E-state index contributed by atoms with van der Waals surface area (Å²) in [6.45, 7) is 1.82. The van der Waals surface area contributed by atoms with Crippen molar-refractivity contribution in [1.29, 1.82) is 0 Å². The van der Waals surface area contributed by atoms with Crippen LogP contribution < -0.4 is 10.1 Å². The van der Waals surface area contributed by atoms with Crippen LogP contribution in [0.15, 0.2) is 77.8 Å². The van der Waals surface area contributed by atoms with Gasteiger partial charge in [-0.25, -0.2) is 12.8 Å². The number of nitrogens with zero attached hydrogens (tertiary/aromatic N) is 1. The Balaban J connectivity index is 1.65. The van der Waals surface area contributed by atoms with Crippen LogP contribution in [-0.2, 0) is 26.9 Å². The molecule has 1 amide bonds. The first-order chi connectivity index (χ1) is 15.8. The molecule has 1 heterocycles. The Hall–Kier alpha value is -3.65. The summed E-state index contributed by atoms with van der Waals surface area (Å²) in [6.07, 6.45) is 1.46. The molecule has 3 aromatic carbocycles. The zero-order valence-corrected chi connectivity index (χ0v) is 19.0. The van der Waals surface area contributed by atoms with Crippen LogP contribution in [0.4, 0.5) is 10.1 Å². The fourth-order valence-corrected chi connectivity index (χ4v) is 5.35. The number of halogens is 1. The zero-order valence-electron chi connectivity index (χ0n) is 18.2. The molecule has 0 atom stereocenters. The van der Waals surface area contributed by atoms with E-state index in [4.69, 9.17) is 4.74 Å². The second-order valence-electron chi connectivity index (χ2n) is 7.78. The van der Waals surface area contributed by atoms with E-state index >= 15 is 0 Å². The molecule has 4 rings (SSSR count). The number of amides is 1. The van der Waals surface area contributed by atoms with Gasteiger partial charge in [0.25, 0.3) is 0 Å². The van der Waals surface area contributed by atoms with Gasteiger partial charge in [0.15, 0.2) is 9.84 Å². The lowest BCUT2D eigenvalue weighted by molar-refractivity contribution is -0.116. The number of carbonyl (C=O) groups excluding carboxylic acids is 1. The molecule has 0 unspecified atom stereocenters. The molecule has 170 valence electrons. The predicted molar refractivity (Wildman–Crippen MR) is 126 cm³/mol. The second-order valence-corrected chi connectivity index (χ2v) is 9.74. The number of carbonyl (C=O) groups is 1. The van der Waals surface area contributed by atoms with E-state index < -0.39 is 15.7 Å². The maximum atomic E-state index is 13.6. The summed E-state index contributed by atoms with van der Waals surface area (Å²) in [4.78, 5) is 12.9. The summed E-state index contributed by atoms with van der Waals surface area (Å²) in [5.74, 6) is -0.627. The molecule has 0 spiro atoms. The lowest BCUT2D eigenvalue weighted by Crippen LogP contribution is -2.18. The molecular formula is C25H23FN2O4S. The summed E-state index contributed by atoms with van der Waals surface area (Å²) in [5.41, 5.74) is 2.47. The topological polar surface area (TPSA) is 77.4 Å². The molecule has 1 aromatic heterocycles. The smallest absolute Gasteiger partial charge is 0.244 e. The maximum absolute atomic E-state index is 13.6. The van der Waals surface area contributed by atoms with Gasteiger partial charge in [0, 0.05) is 17.1 Å². The number of aromatic nitrogens is 1. The number of aryl methyl sites for hydroxylation is 1. The Kier molecular flexibility index (Phi) is 6.20. The van der Waals surface area contributed by atoms with Gasteiger partial charge < -0.3 is 14.6 Å². The molecule has 1 N–H and O–H groups in total. The van der Waals surface area contributed by atoms with E-state index in [0.29, 0.717) is 27.9 Å². The van der Waals surface area contributed by atoms with Gasteiger partial charge in [0.05, 0.1) is 23.4 Å². The standard InChI is InChI=1S/C25H23FN2O4S/c1-17-10-11-23(32-2)21(12-17)27-25(29)15-28-14-24(20-8-3-4-9-22(20)28)33(30,31)16-18-6-5-7-19(26)13-18/h3-14H,15-16H2,1-2H3,(H,27,29). The van der Waals surface area contributed by atoms with Crippen molar-refractivity contribution < 1.29 is 22.3 Å². The summed E-state index contributed by atoms with van der Waals surface area (Å²) < 4.78 is 46.8. The molecule has 0 aliphatic rings. The number of para-hydroxylation sites is 1. The normalized spacial score (nSPS) is 11.5. The van der Waals surface area contributed by atoms with Crippen LogP contribution in [0, 0.1) is 12.7 Å². The number of methoxy groups -OCH3 is 1. The molecule has 4 aromatic rings. The highest BCUT2D eigenvalue weighted by Gasteiger charge is 2.23. The average Bonchev–Trinajstić information content (AvgIpc) is 3.13. The molecule has 0 bridgehead atoms. The van der Waals surface area contributed by atoms with Crippen LogP contribution in [0.5, 0.6) is 5.75 Å². The van der Waals surface area contributed by atoms with Gasteiger partial charge in [-0.05, 0) is 48.4 Å². The van der Waals surface area contributed by atoms with Crippen LogP contribution in [0.2, 0.25) is 0 Å². The van der Waals surface area contributed by atoms with Gasteiger partial charge in [-0.15, -0.1) is 0 Å². The van der Waals surface area contributed by atoms with E-state index in [1.54, 1.807) is 47.0 Å². The van der Waals surface area contributed by atoms with Crippen molar-refractivity contribution in [3.63, 3.8) is 0 Å². The lowest BCUT2D eigenvalue weighted by Gasteiger charge is -2.12. The number of nitrogens with one attached hydrogen (secondary N) is 1. The number of fused-ring (bicyclic) bond motifs is 1. The maximum Gasteiger partial charge on any atom is 0.244 e. The van der Waals surface area contributed by atoms with Gasteiger partial charge in [-0.2, -0.15) is 0 Å². The molecule has 0 radical (unpaired) electrons. The minimum absolute atomic E-state index is 0.0902. The van der Waals surface area contributed by atoms with Crippen molar-refractivity contribution in [1.82, 2.24) is 4.57 Å². The van der Waals surface area contributed by atoms with Crippen LogP contribution in [0.1, 0.15) is 11.1 Å². The molecule has 33 heavy (non-hydrogen) atoms. The molecule has 0 fully saturated rings. The zero-order chi connectivity index (χ0) is 23.6. The first kappa shape index (κ1) is 22.5. The molecule has 0 aliphatic heterocycles. The first-order valence-corrected chi connectivity index (χ1v) is 11.9. The van der Waals surface area contributed by atoms with Gasteiger partial charge in [-0.1, -0.05) is 36.4 Å². The Morgan fingerprint density at radius 2 is 1.85 bits per heavy atom. The van der Waals surface area contributed by atoms with Gasteiger partial charge in [0.2, 0.25) is 5.91 Å². The number of anilines is 1. The fourth-order valence-electron chi connectivity index (χ4n) is 3.78. The molecule has 0 saturated heterocycles. The van der Waals surface area contributed by atoms with Crippen molar-refractivity contribution in [3.8, 4) is 5.75 Å². The SMILES string of the molecule is COc1ccc(C)cc1NC(=O)Cn1cc(S(=O)(=O)Cc2cccc(F)c2)c2ccccc21. The van der Waals surface area contributed by atoms with Gasteiger partial charge in [0.1, 0.15) is 18.1 Å². The average molecular weight is 467 g/mol. The molecule has 0 aliphatic carbocycles. The molecule has 8 heteroatoms. The minimum Gasteiger partial charge on any atom is -0.495 e. The fraction of sp³-hybridized carbons (Fsp3) is 0.160. The van der Waals surface area contributed by atoms with Crippen LogP contribution in [-0.4, -0.2) is 26.0 Å². The largest absolute Gasteiger partial charge is 0.495 e. The third-order valence-electron chi connectivity index (χ3n) is 5.28. The minimum atomic E-state index is -3.79. The van der Waals surface area contributed by atoms with Crippen molar-refractivity contribution in [2.75, 3.05) is 12.4 Å². The van der Waals surface area contributed by atoms with Crippen LogP contribution in [0.3, 0.4) is 0 Å². The number of benzene rings is 3. The van der Waals surface area contributed by atoms with E-state index in [9.17, 15) is 17.6 Å². The Bertz CT molecular complexity index is 1440.